The standard InChI is InChI=1S/C12H17ClFN/c1-3-5-12(15-4-2)9-6-7-10(13)11(14)8-9/h6-8,12,15H,3-5H2,1-2H3. The first-order valence-corrected chi connectivity index (χ1v) is 5.75. The Morgan fingerprint density at radius 1 is 1.40 bits per heavy atom. The Kier molecular flexibility index (Phi) is 5.06. The van der Waals surface area contributed by atoms with Crippen molar-refractivity contribution < 1.29 is 4.39 Å². The largest absolute Gasteiger partial charge is 0.310 e. The minimum atomic E-state index is -0.340. The van der Waals surface area contributed by atoms with Crippen molar-refractivity contribution in [3.05, 3.63) is 34.6 Å². The summed E-state index contributed by atoms with van der Waals surface area (Å²) >= 11 is 5.64. The van der Waals surface area contributed by atoms with Crippen LogP contribution < -0.4 is 5.32 Å². The van der Waals surface area contributed by atoms with Crippen molar-refractivity contribution in [1.82, 2.24) is 5.32 Å². The minimum Gasteiger partial charge on any atom is -0.310 e. The van der Waals surface area contributed by atoms with Crippen LogP contribution in [0.2, 0.25) is 5.02 Å². The molecule has 84 valence electrons. The number of benzene rings is 1. The zero-order chi connectivity index (χ0) is 11.3. The van der Waals surface area contributed by atoms with E-state index in [9.17, 15) is 4.39 Å². The van der Waals surface area contributed by atoms with E-state index in [-0.39, 0.29) is 16.9 Å². The third-order valence-corrected chi connectivity index (χ3v) is 2.68. The number of rotatable bonds is 5. The predicted molar refractivity (Wildman–Crippen MR) is 62.7 cm³/mol. The molecule has 0 aliphatic carbocycles. The topological polar surface area (TPSA) is 12.0 Å². The summed E-state index contributed by atoms with van der Waals surface area (Å²) in [5.41, 5.74) is 0.973. The van der Waals surface area contributed by atoms with E-state index in [4.69, 9.17) is 11.6 Å². The summed E-state index contributed by atoms with van der Waals surface area (Å²) in [5, 5.41) is 3.52. The van der Waals surface area contributed by atoms with Crippen molar-refractivity contribution >= 4 is 11.6 Å². The fourth-order valence-electron chi connectivity index (χ4n) is 1.65. The number of hydrogen-bond acceptors (Lipinski definition) is 1. The molecule has 0 heterocycles. The SMILES string of the molecule is CCCC(NCC)c1ccc(Cl)c(F)c1. The normalized spacial score (nSPS) is 12.8. The average Bonchev–Trinajstić information content (AvgIpc) is 2.22. The van der Waals surface area contributed by atoms with Gasteiger partial charge in [0, 0.05) is 6.04 Å². The summed E-state index contributed by atoms with van der Waals surface area (Å²) in [6.07, 6.45) is 2.08. The lowest BCUT2D eigenvalue weighted by Gasteiger charge is -2.17. The minimum absolute atomic E-state index is 0.186. The number of nitrogens with one attached hydrogen (secondary N) is 1. The third-order valence-electron chi connectivity index (χ3n) is 2.37. The molecule has 0 bridgehead atoms. The van der Waals surface area contributed by atoms with Gasteiger partial charge in [0.15, 0.2) is 0 Å². The van der Waals surface area contributed by atoms with E-state index < -0.39 is 0 Å². The molecule has 0 saturated heterocycles. The van der Waals surface area contributed by atoms with Gasteiger partial charge in [-0.05, 0) is 30.7 Å². The Morgan fingerprint density at radius 2 is 2.13 bits per heavy atom. The number of hydrogen-bond donors (Lipinski definition) is 1. The molecule has 1 rings (SSSR count). The van der Waals surface area contributed by atoms with Gasteiger partial charge in [0.05, 0.1) is 5.02 Å². The van der Waals surface area contributed by atoms with Crippen LogP contribution in [0.4, 0.5) is 4.39 Å². The summed E-state index contributed by atoms with van der Waals surface area (Å²) in [6, 6.07) is 5.25. The van der Waals surface area contributed by atoms with Gasteiger partial charge in [-0.1, -0.05) is 37.9 Å². The molecular weight excluding hydrogens is 213 g/mol. The Balaban J connectivity index is 2.85. The van der Waals surface area contributed by atoms with E-state index in [1.54, 1.807) is 6.07 Å². The fraction of sp³-hybridized carbons (Fsp3) is 0.500. The molecule has 1 N–H and O–H groups in total. The molecule has 0 spiro atoms. The third kappa shape index (κ3) is 3.47. The molecule has 0 saturated carbocycles. The highest BCUT2D eigenvalue weighted by molar-refractivity contribution is 6.30. The average molecular weight is 230 g/mol. The molecule has 0 radical (unpaired) electrons. The zero-order valence-corrected chi connectivity index (χ0v) is 9.94. The Labute approximate surface area is 95.6 Å². The molecule has 15 heavy (non-hydrogen) atoms. The highest BCUT2D eigenvalue weighted by atomic mass is 35.5. The first-order valence-electron chi connectivity index (χ1n) is 5.37. The molecular formula is C12H17ClFN. The summed E-state index contributed by atoms with van der Waals surface area (Å²) < 4.78 is 13.3. The molecule has 0 aliphatic rings. The van der Waals surface area contributed by atoms with Crippen LogP contribution in [0.3, 0.4) is 0 Å². The van der Waals surface area contributed by atoms with Crippen LogP contribution in [-0.4, -0.2) is 6.54 Å². The zero-order valence-electron chi connectivity index (χ0n) is 9.19. The van der Waals surface area contributed by atoms with Crippen LogP contribution in [0.5, 0.6) is 0 Å². The van der Waals surface area contributed by atoms with Crippen molar-refractivity contribution in [3.63, 3.8) is 0 Å². The maximum Gasteiger partial charge on any atom is 0.142 e. The molecule has 1 aromatic carbocycles. The molecule has 3 heteroatoms. The van der Waals surface area contributed by atoms with Gasteiger partial charge < -0.3 is 5.32 Å². The van der Waals surface area contributed by atoms with Crippen LogP contribution in [0.25, 0.3) is 0 Å². The van der Waals surface area contributed by atoms with Crippen LogP contribution in [0, 0.1) is 5.82 Å². The number of halogens is 2. The van der Waals surface area contributed by atoms with Crippen LogP contribution in [0.15, 0.2) is 18.2 Å². The van der Waals surface area contributed by atoms with Crippen molar-refractivity contribution in [2.45, 2.75) is 32.7 Å². The van der Waals surface area contributed by atoms with Crippen molar-refractivity contribution in [2.24, 2.45) is 0 Å². The van der Waals surface area contributed by atoms with Crippen LogP contribution in [0.1, 0.15) is 38.3 Å². The lowest BCUT2D eigenvalue weighted by atomic mass is 10.0. The molecule has 1 aromatic rings. The fourth-order valence-corrected chi connectivity index (χ4v) is 1.77. The highest BCUT2D eigenvalue weighted by Crippen LogP contribution is 2.23. The van der Waals surface area contributed by atoms with Gasteiger partial charge in [0.1, 0.15) is 5.82 Å². The summed E-state index contributed by atoms with van der Waals surface area (Å²) in [5.74, 6) is -0.340. The van der Waals surface area contributed by atoms with Gasteiger partial charge in [0.2, 0.25) is 0 Å². The first-order chi connectivity index (χ1) is 7.19. The quantitative estimate of drug-likeness (QED) is 0.807. The second-order valence-corrected chi connectivity index (χ2v) is 3.98. The summed E-state index contributed by atoms with van der Waals surface area (Å²) in [7, 11) is 0. The van der Waals surface area contributed by atoms with Crippen LogP contribution >= 0.6 is 11.6 Å². The van der Waals surface area contributed by atoms with Crippen LogP contribution in [-0.2, 0) is 0 Å². The van der Waals surface area contributed by atoms with Crippen molar-refractivity contribution in [2.75, 3.05) is 6.54 Å². The summed E-state index contributed by atoms with van der Waals surface area (Å²) in [6.45, 7) is 5.06. The molecule has 0 aromatic heterocycles. The second-order valence-electron chi connectivity index (χ2n) is 3.57. The molecule has 0 amide bonds. The van der Waals surface area contributed by atoms with E-state index in [1.165, 1.54) is 6.07 Å². The van der Waals surface area contributed by atoms with E-state index in [2.05, 4.69) is 19.2 Å². The van der Waals surface area contributed by atoms with Crippen molar-refractivity contribution in [1.29, 1.82) is 0 Å². The van der Waals surface area contributed by atoms with Gasteiger partial charge in [-0.25, -0.2) is 4.39 Å². The second kappa shape index (κ2) is 6.09. The van der Waals surface area contributed by atoms with E-state index in [0.717, 1.165) is 24.9 Å². The van der Waals surface area contributed by atoms with Gasteiger partial charge >= 0.3 is 0 Å². The Morgan fingerprint density at radius 3 is 2.67 bits per heavy atom. The van der Waals surface area contributed by atoms with Gasteiger partial charge in [-0.15, -0.1) is 0 Å². The van der Waals surface area contributed by atoms with E-state index in [1.807, 2.05) is 6.07 Å². The van der Waals surface area contributed by atoms with Gasteiger partial charge in [0.25, 0.3) is 0 Å². The van der Waals surface area contributed by atoms with Crippen molar-refractivity contribution in [3.8, 4) is 0 Å². The lowest BCUT2D eigenvalue weighted by Crippen LogP contribution is -2.20. The lowest BCUT2D eigenvalue weighted by molar-refractivity contribution is 0.505. The first kappa shape index (κ1) is 12.5. The molecule has 0 fully saturated rings. The molecule has 0 aliphatic heterocycles. The van der Waals surface area contributed by atoms with E-state index in [0.29, 0.717) is 0 Å². The monoisotopic (exact) mass is 229 g/mol. The maximum absolute atomic E-state index is 13.3. The Bertz CT molecular complexity index is 308. The molecule has 1 unspecified atom stereocenters. The van der Waals surface area contributed by atoms with Gasteiger partial charge in [-0.3, -0.25) is 0 Å². The maximum atomic E-state index is 13.3. The smallest absolute Gasteiger partial charge is 0.142 e. The predicted octanol–water partition coefficient (Wildman–Crippen LogP) is 3.93. The highest BCUT2D eigenvalue weighted by Gasteiger charge is 2.10. The molecule has 1 atom stereocenters. The Hall–Kier alpha value is -0.600. The molecule has 1 nitrogen and oxygen atoms in total. The van der Waals surface area contributed by atoms with E-state index >= 15 is 0 Å². The summed E-state index contributed by atoms with van der Waals surface area (Å²) in [4.78, 5) is 0. The van der Waals surface area contributed by atoms with Gasteiger partial charge in [-0.2, -0.15) is 0 Å².